The Morgan fingerprint density at radius 1 is 1.05 bits per heavy atom. The van der Waals surface area contributed by atoms with Gasteiger partial charge in [-0.25, -0.2) is 9.78 Å². The molecule has 0 spiro atoms. The van der Waals surface area contributed by atoms with E-state index in [1.54, 1.807) is 23.1 Å². The zero-order valence-electron chi connectivity index (χ0n) is 25.2. The number of rotatable bonds is 6. The van der Waals surface area contributed by atoms with Crippen molar-refractivity contribution in [3.05, 3.63) is 48.0 Å². The zero-order chi connectivity index (χ0) is 30.0. The third-order valence-electron chi connectivity index (χ3n) is 7.95. The molecule has 2 aliphatic rings. The van der Waals surface area contributed by atoms with Crippen molar-refractivity contribution in [1.82, 2.24) is 24.7 Å². The molecule has 2 saturated heterocycles. The van der Waals surface area contributed by atoms with Crippen LogP contribution in [-0.2, 0) is 0 Å². The number of carbonyl (C=O) groups is 2. The summed E-state index contributed by atoms with van der Waals surface area (Å²) in [6, 6.07) is 10.4. The van der Waals surface area contributed by atoms with Crippen LogP contribution in [0.3, 0.4) is 0 Å². The Labute approximate surface area is 246 Å². The number of piperidine rings is 1. The molecule has 11 heteroatoms. The lowest BCUT2D eigenvalue weighted by atomic mass is 10.0. The fourth-order valence-electron chi connectivity index (χ4n) is 5.72. The number of benzene rings is 1. The number of pyridine rings is 1. The number of likely N-dealkylation sites (N-methyl/N-ethyl adjacent to an activating group) is 1. The number of hydrogen-bond acceptors (Lipinski definition) is 7. The van der Waals surface area contributed by atoms with Crippen molar-refractivity contribution < 1.29 is 18.7 Å². The van der Waals surface area contributed by atoms with Crippen LogP contribution < -0.4 is 15.0 Å². The van der Waals surface area contributed by atoms with Crippen LogP contribution >= 0.6 is 0 Å². The van der Waals surface area contributed by atoms with Gasteiger partial charge in [0.25, 0.3) is 5.91 Å². The number of aromatic nitrogens is 2. The largest absolute Gasteiger partial charge is 0.415 e. The second-order valence-corrected chi connectivity index (χ2v) is 12.3. The van der Waals surface area contributed by atoms with E-state index in [0.717, 1.165) is 42.5 Å². The van der Waals surface area contributed by atoms with Crippen molar-refractivity contribution in [3.63, 3.8) is 0 Å². The molecule has 2 aliphatic heterocycles. The fraction of sp³-hybridized carbons (Fsp3) is 0.516. The molecule has 2 aromatic heterocycles. The molecule has 0 saturated carbocycles. The lowest BCUT2D eigenvalue weighted by molar-refractivity contribution is 0.0707. The lowest BCUT2D eigenvalue weighted by Gasteiger charge is -2.39. The quantitative estimate of drug-likeness (QED) is 0.406. The van der Waals surface area contributed by atoms with Crippen molar-refractivity contribution in [2.75, 3.05) is 63.1 Å². The summed E-state index contributed by atoms with van der Waals surface area (Å²) in [5, 5.41) is 4.26. The highest BCUT2D eigenvalue weighted by atomic mass is 19.1. The minimum atomic E-state index is -0.508. The summed E-state index contributed by atoms with van der Waals surface area (Å²) >= 11 is 0. The molecule has 226 valence electrons. The summed E-state index contributed by atoms with van der Waals surface area (Å²) in [6.07, 6.45) is 1.15. The van der Waals surface area contributed by atoms with Gasteiger partial charge < -0.3 is 34.6 Å². The van der Waals surface area contributed by atoms with E-state index in [-0.39, 0.29) is 23.6 Å². The predicted molar refractivity (Wildman–Crippen MR) is 163 cm³/mol. The van der Waals surface area contributed by atoms with Gasteiger partial charge in [-0.1, -0.05) is 0 Å². The molecule has 2 amide bonds. The molecular formula is C31H42FN7O3. The maximum Gasteiger partial charge on any atom is 0.415 e. The Hall–Kier alpha value is -3.86. The number of halogens is 1. The molecule has 4 heterocycles. The Balaban J connectivity index is 1.23. The molecule has 5 rings (SSSR count). The molecule has 0 unspecified atom stereocenters. The predicted octanol–water partition coefficient (Wildman–Crippen LogP) is 4.79. The summed E-state index contributed by atoms with van der Waals surface area (Å²) in [5.74, 6) is 0.488. The van der Waals surface area contributed by atoms with Crippen LogP contribution in [0, 0.1) is 5.95 Å². The number of carbonyl (C=O) groups excluding carboxylic acids is 2. The molecule has 0 aliphatic carbocycles. The van der Waals surface area contributed by atoms with Crippen molar-refractivity contribution in [2.45, 2.75) is 52.1 Å². The minimum Gasteiger partial charge on any atom is -0.410 e. The Kier molecular flexibility index (Phi) is 8.58. The van der Waals surface area contributed by atoms with E-state index >= 15 is 0 Å². The molecule has 10 nitrogen and oxygen atoms in total. The van der Waals surface area contributed by atoms with Gasteiger partial charge in [0, 0.05) is 68.3 Å². The molecule has 2 fully saturated rings. The van der Waals surface area contributed by atoms with Gasteiger partial charge in [-0.15, -0.1) is 0 Å². The fourth-order valence-corrected chi connectivity index (χ4v) is 5.72. The number of ether oxygens (including phenoxy) is 1. The lowest BCUT2D eigenvalue weighted by Crippen LogP contribution is -2.48. The third-order valence-corrected chi connectivity index (χ3v) is 7.95. The number of nitrogens with zero attached hydrogens (tertiary/aromatic N) is 5. The van der Waals surface area contributed by atoms with Crippen LogP contribution in [0.4, 0.5) is 20.7 Å². The van der Waals surface area contributed by atoms with Gasteiger partial charge in [-0.3, -0.25) is 4.79 Å². The van der Waals surface area contributed by atoms with Gasteiger partial charge >= 0.3 is 6.09 Å². The van der Waals surface area contributed by atoms with Crippen LogP contribution in [0.5, 0.6) is 5.75 Å². The molecule has 0 atom stereocenters. The molecule has 3 aromatic rings. The SMILES string of the molecule is CCN(c1nc(F)ccc1NC(C)(C)C)C1CCN(C(=O)c2cc3cc(OC(=O)N4CCN(C)CC4)ccc3[nH]2)CC1. The first-order valence-electron chi connectivity index (χ1n) is 14.8. The van der Waals surface area contributed by atoms with Crippen molar-refractivity contribution >= 4 is 34.4 Å². The van der Waals surface area contributed by atoms with Gasteiger partial charge in [0.15, 0.2) is 5.82 Å². The van der Waals surface area contributed by atoms with E-state index in [1.807, 2.05) is 31.0 Å². The second kappa shape index (κ2) is 12.2. The number of hydrogen-bond donors (Lipinski definition) is 2. The first-order valence-corrected chi connectivity index (χ1v) is 14.8. The van der Waals surface area contributed by atoms with Crippen molar-refractivity contribution in [1.29, 1.82) is 0 Å². The third kappa shape index (κ3) is 6.78. The van der Waals surface area contributed by atoms with E-state index in [9.17, 15) is 14.0 Å². The topological polar surface area (TPSA) is 97.0 Å². The van der Waals surface area contributed by atoms with Crippen molar-refractivity contribution in [3.8, 4) is 5.75 Å². The average molecular weight is 580 g/mol. The maximum atomic E-state index is 14.2. The molecule has 2 N–H and O–H groups in total. The highest BCUT2D eigenvalue weighted by Gasteiger charge is 2.30. The first kappa shape index (κ1) is 29.6. The van der Waals surface area contributed by atoms with Gasteiger partial charge in [0.1, 0.15) is 11.4 Å². The summed E-state index contributed by atoms with van der Waals surface area (Å²) in [6.45, 7) is 13.0. The normalized spacial score (nSPS) is 17.0. The Bertz CT molecular complexity index is 1420. The Morgan fingerprint density at radius 3 is 2.43 bits per heavy atom. The summed E-state index contributed by atoms with van der Waals surface area (Å²) < 4.78 is 19.9. The summed E-state index contributed by atoms with van der Waals surface area (Å²) in [4.78, 5) is 41.4. The van der Waals surface area contributed by atoms with E-state index in [0.29, 0.717) is 50.0 Å². The molecule has 42 heavy (non-hydrogen) atoms. The number of fused-ring (bicyclic) bond motifs is 1. The number of H-pyrrole nitrogens is 1. The monoisotopic (exact) mass is 579 g/mol. The van der Waals surface area contributed by atoms with Crippen LogP contribution in [0.15, 0.2) is 36.4 Å². The smallest absolute Gasteiger partial charge is 0.410 e. The van der Waals surface area contributed by atoms with E-state index < -0.39 is 5.95 Å². The Morgan fingerprint density at radius 2 is 1.76 bits per heavy atom. The van der Waals surface area contributed by atoms with E-state index in [1.165, 1.54) is 6.07 Å². The molecular weight excluding hydrogens is 537 g/mol. The van der Waals surface area contributed by atoms with Gasteiger partial charge in [0.2, 0.25) is 5.95 Å². The summed E-state index contributed by atoms with van der Waals surface area (Å²) in [7, 11) is 2.04. The van der Waals surface area contributed by atoms with E-state index in [4.69, 9.17) is 4.74 Å². The number of amides is 2. The number of anilines is 2. The summed E-state index contributed by atoms with van der Waals surface area (Å²) in [5.41, 5.74) is 1.91. The van der Waals surface area contributed by atoms with Gasteiger partial charge in [-0.05, 0) is 84.0 Å². The van der Waals surface area contributed by atoms with Gasteiger partial charge in [0.05, 0.1) is 5.69 Å². The van der Waals surface area contributed by atoms with E-state index in [2.05, 4.69) is 45.9 Å². The number of nitrogens with one attached hydrogen (secondary N) is 2. The highest BCUT2D eigenvalue weighted by molar-refractivity contribution is 5.98. The van der Waals surface area contributed by atoms with Crippen LogP contribution in [0.1, 0.15) is 51.0 Å². The molecule has 0 bridgehead atoms. The van der Waals surface area contributed by atoms with Crippen LogP contribution in [0.25, 0.3) is 10.9 Å². The van der Waals surface area contributed by atoms with Gasteiger partial charge in [-0.2, -0.15) is 4.39 Å². The van der Waals surface area contributed by atoms with Crippen molar-refractivity contribution in [2.24, 2.45) is 0 Å². The molecule has 1 aromatic carbocycles. The van der Waals surface area contributed by atoms with Crippen LogP contribution in [-0.4, -0.2) is 101 Å². The number of aromatic amines is 1. The standard InChI is InChI=1S/C31H42FN7O3/c1-6-39(28-25(35-31(2,3)4)9-10-27(32)34-28)22-11-13-37(14-12-22)29(40)26-20-21-19-23(7-8-24(21)33-26)42-30(41)38-17-15-36(5)16-18-38/h7-10,19-20,22,33,35H,6,11-18H2,1-5H3. The first-order chi connectivity index (χ1) is 20.0. The second-order valence-electron chi connectivity index (χ2n) is 12.3. The maximum absolute atomic E-state index is 14.2. The minimum absolute atomic E-state index is 0.0670. The number of likely N-dealkylation sites (tertiary alicyclic amines) is 1. The number of piperazine rings is 1. The average Bonchev–Trinajstić information content (AvgIpc) is 3.38. The molecule has 0 radical (unpaired) electrons. The highest BCUT2D eigenvalue weighted by Crippen LogP contribution is 2.31. The van der Waals surface area contributed by atoms with Crippen LogP contribution in [0.2, 0.25) is 0 Å². The zero-order valence-corrected chi connectivity index (χ0v) is 25.2.